The van der Waals surface area contributed by atoms with Crippen molar-refractivity contribution in [2.24, 2.45) is 0 Å². The number of benzene rings is 4. The van der Waals surface area contributed by atoms with E-state index in [1.165, 1.54) is 45.9 Å². The number of rotatable bonds is 10. The third kappa shape index (κ3) is 9.44. The molecule has 0 N–H and O–H groups in total. The largest absolute Gasteiger partial charge is 2.00 e. The molecule has 0 bridgehead atoms. The second-order valence-electron chi connectivity index (χ2n) is 9.58. The number of hydrogen-bond acceptors (Lipinski definition) is 2. The van der Waals surface area contributed by atoms with E-state index in [1.807, 2.05) is 24.3 Å². The topological polar surface area (TPSA) is 18.5 Å². The van der Waals surface area contributed by atoms with Gasteiger partial charge in [-0.15, -0.1) is 23.2 Å². The zero-order valence-corrected chi connectivity index (χ0v) is 26.2. The Morgan fingerprint density at radius 1 is 0.372 bits per heavy atom. The van der Waals surface area contributed by atoms with E-state index in [2.05, 4.69) is 123 Å². The molecule has 2 nitrogen and oxygen atoms in total. The van der Waals surface area contributed by atoms with Gasteiger partial charge >= 0.3 is 17.1 Å². The standard InChI is InChI=1S/2C19H16ClO.Fe/c2*20-11-12-21-17-13-18(15-7-3-1-4-8-15)19(14-17)16-9-5-2-6-10-16;/h2*1-10,13-14H,11-12H2;/q;;+2. The Labute approximate surface area is 278 Å². The predicted molar refractivity (Wildman–Crippen MR) is 172 cm³/mol. The summed E-state index contributed by atoms with van der Waals surface area (Å²) in [6.07, 6.45) is 10.1. The van der Waals surface area contributed by atoms with Crippen LogP contribution in [0.5, 0.6) is 0 Å². The molecule has 0 atom stereocenters. The van der Waals surface area contributed by atoms with Gasteiger partial charge in [-0.05, 0) is 22.3 Å². The normalized spacial score (nSPS) is 17.0. The second kappa shape index (κ2) is 18.0. The Hall–Kier alpha value is -2.10. The zero-order chi connectivity index (χ0) is 29.0. The summed E-state index contributed by atoms with van der Waals surface area (Å²) in [4.78, 5) is 0. The van der Waals surface area contributed by atoms with Crippen LogP contribution in [-0.4, -0.2) is 25.0 Å². The van der Waals surface area contributed by atoms with Crippen LogP contribution in [0.4, 0.5) is 0 Å². The Kier molecular flexibility index (Phi) is 14.2. The molecule has 5 heteroatoms. The van der Waals surface area contributed by atoms with Gasteiger partial charge in [0.15, 0.2) is 0 Å². The quantitative estimate of drug-likeness (QED) is 0.127. The summed E-state index contributed by atoms with van der Waals surface area (Å²) in [5.41, 5.74) is 4.77. The van der Waals surface area contributed by atoms with Crippen LogP contribution >= 0.6 is 23.2 Å². The molecule has 6 rings (SSSR count). The van der Waals surface area contributed by atoms with Gasteiger partial charge < -0.3 is 9.47 Å². The molecule has 2 saturated carbocycles. The van der Waals surface area contributed by atoms with Crippen molar-refractivity contribution < 1.29 is 26.5 Å². The Bertz CT molecular complexity index is 1090. The molecule has 0 aliphatic heterocycles. The average Bonchev–Trinajstić information content (AvgIpc) is 3.70. The maximum atomic E-state index is 5.71. The van der Waals surface area contributed by atoms with E-state index in [4.69, 9.17) is 32.7 Å². The van der Waals surface area contributed by atoms with Gasteiger partial charge in [-0.3, -0.25) is 0 Å². The van der Waals surface area contributed by atoms with Crippen LogP contribution in [0.2, 0.25) is 0 Å². The molecule has 0 amide bonds. The summed E-state index contributed by atoms with van der Waals surface area (Å²) >= 11 is 11.4. The van der Waals surface area contributed by atoms with Crippen LogP contribution in [0, 0.1) is 61.6 Å². The summed E-state index contributed by atoms with van der Waals surface area (Å²) in [5, 5.41) is 0. The van der Waals surface area contributed by atoms with E-state index in [-0.39, 0.29) is 17.1 Å². The van der Waals surface area contributed by atoms with E-state index in [9.17, 15) is 0 Å². The molecule has 10 radical (unpaired) electrons. The minimum absolute atomic E-state index is 0. The van der Waals surface area contributed by atoms with E-state index < -0.39 is 0 Å². The number of halogens is 2. The van der Waals surface area contributed by atoms with Crippen LogP contribution in [0.1, 0.15) is 22.3 Å². The van der Waals surface area contributed by atoms with Crippen molar-refractivity contribution in [3.8, 4) is 0 Å². The van der Waals surface area contributed by atoms with Crippen LogP contribution in [0.15, 0.2) is 121 Å². The van der Waals surface area contributed by atoms with Gasteiger partial charge in [0.05, 0.1) is 13.2 Å². The molecule has 4 aromatic carbocycles. The first-order chi connectivity index (χ1) is 20.8. The van der Waals surface area contributed by atoms with E-state index in [0.717, 1.165) is 12.2 Å². The monoisotopic (exact) mass is 646 g/mol. The van der Waals surface area contributed by atoms with Crippen molar-refractivity contribution in [1.82, 2.24) is 0 Å². The van der Waals surface area contributed by atoms with Crippen LogP contribution in [0.25, 0.3) is 0 Å². The maximum Gasteiger partial charge on any atom is 2.00 e. The van der Waals surface area contributed by atoms with Gasteiger partial charge in [-0.25, -0.2) is 0 Å². The Morgan fingerprint density at radius 2 is 0.605 bits per heavy atom. The summed E-state index contributed by atoms with van der Waals surface area (Å²) in [7, 11) is 0. The van der Waals surface area contributed by atoms with Gasteiger partial charge in [-0.1, -0.05) is 121 Å². The van der Waals surface area contributed by atoms with Gasteiger partial charge in [0.1, 0.15) is 12.2 Å². The molecule has 0 unspecified atom stereocenters. The first-order valence-electron chi connectivity index (χ1n) is 14.0. The smallest absolute Gasteiger partial charge is 0.370 e. The van der Waals surface area contributed by atoms with Crippen molar-refractivity contribution in [3.63, 3.8) is 0 Å². The fraction of sp³-hybridized carbons (Fsp3) is 0.105. The van der Waals surface area contributed by atoms with E-state index in [0.29, 0.717) is 25.0 Å². The first kappa shape index (κ1) is 33.8. The Morgan fingerprint density at radius 3 is 0.814 bits per heavy atom. The molecule has 2 fully saturated rings. The summed E-state index contributed by atoms with van der Waals surface area (Å²) in [5.74, 6) is 5.73. The maximum absolute atomic E-state index is 5.71. The minimum Gasteiger partial charge on any atom is -0.370 e. The van der Waals surface area contributed by atoms with Crippen LogP contribution < -0.4 is 0 Å². The molecule has 0 saturated heterocycles. The SMILES string of the molecule is ClCCO[C]1[CH][C](c2ccccc2)[C](c2ccccc2)[CH]1.ClCCO[C]1[CH][C](c2ccccc2)[C](c2ccccc2)[CH]1.[Fe+2]. The third-order valence-corrected chi connectivity index (χ3v) is 7.07. The molecule has 2 aliphatic carbocycles. The van der Waals surface area contributed by atoms with Crippen molar-refractivity contribution in [2.45, 2.75) is 0 Å². The summed E-state index contributed by atoms with van der Waals surface area (Å²) < 4.78 is 11.4. The number of alkyl halides is 2. The molecule has 0 spiro atoms. The van der Waals surface area contributed by atoms with Gasteiger partial charge in [0.25, 0.3) is 0 Å². The fourth-order valence-electron chi connectivity index (χ4n) is 4.87. The second-order valence-corrected chi connectivity index (χ2v) is 10.3. The predicted octanol–water partition coefficient (Wildman–Crippen LogP) is 8.88. The van der Waals surface area contributed by atoms with E-state index >= 15 is 0 Å². The molecular weight excluding hydrogens is 615 g/mol. The number of hydrogen-bond donors (Lipinski definition) is 0. The summed E-state index contributed by atoms with van der Waals surface area (Å²) in [6.45, 7) is 1.04. The molecule has 4 aromatic rings. The van der Waals surface area contributed by atoms with Crippen molar-refractivity contribution in [3.05, 3.63) is 205 Å². The van der Waals surface area contributed by atoms with Crippen LogP contribution in [0.3, 0.4) is 0 Å². The fourth-order valence-corrected chi connectivity index (χ4v) is 5.02. The molecule has 2 aliphatic rings. The van der Waals surface area contributed by atoms with Gasteiger partial charge in [-0.2, -0.15) is 0 Å². The molecule has 216 valence electrons. The molecule has 0 heterocycles. The summed E-state index contributed by atoms with van der Waals surface area (Å²) in [6, 6.07) is 41.5. The number of ether oxygens (including phenoxy) is 2. The van der Waals surface area contributed by atoms with E-state index in [1.54, 1.807) is 0 Å². The van der Waals surface area contributed by atoms with Crippen molar-refractivity contribution in [2.75, 3.05) is 25.0 Å². The van der Waals surface area contributed by atoms with Gasteiger partial charge in [0.2, 0.25) is 0 Å². The third-order valence-electron chi connectivity index (χ3n) is 6.76. The van der Waals surface area contributed by atoms with Gasteiger partial charge in [0, 0.05) is 61.1 Å². The molecule has 43 heavy (non-hydrogen) atoms. The van der Waals surface area contributed by atoms with Crippen molar-refractivity contribution >= 4 is 23.2 Å². The molecular formula is C38H32Cl2FeO2+2. The average molecular weight is 647 g/mol. The van der Waals surface area contributed by atoms with Crippen molar-refractivity contribution in [1.29, 1.82) is 0 Å². The minimum atomic E-state index is 0. The zero-order valence-electron chi connectivity index (χ0n) is 23.6. The van der Waals surface area contributed by atoms with Crippen LogP contribution in [-0.2, 0) is 26.5 Å². The Balaban J connectivity index is 0.000000192. The first-order valence-corrected chi connectivity index (χ1v) is 15.0. The molecule has 0 aromatic heterocycles.